The van der Waals surface area contributed by atoms with Crippen LogP contribution in [0, 0.1) is 0 Å². The third-order valence-electron chi connectivity index (χ3n) is 4.80. The van der Waals surface area contributed by atoms with E-state index in [4.69, 9.17) is 0 Å². The first-order valence-corrected chi connectivity index (χ1v) is 9.54. The van der Waals surface area contributed by atoms with Crippen LogP contribution in [0.25, 0.3) is 0 Å². The van der Waals surface area contributed by atoms with Crippen LogP contribution in [-0.4, -0.2) is 41.1 Å². The van der Waals surface area contributed by atoms with Crippen molar-refractivity contribution in [1.82, 2.24) is 10.2 Å². The quantitative estimate of drug-likeness (QED) is 0.865. The summed E-state index contributed by atoms with van der Waals surface area (Å²) in [6, 6.07) is 12.3. The normalized spacial score (nSPS) is 30.0. The molecule has 3 rings (SSSR count). The lowest BCUT2D eigenvalue weighted by Crippen LogP contribution is -2.43. The molecule has 1 saturated carbocycles. The molecule has 0 radical (unpaired) electrons. The van der Waals surface area contributed by atoms with Gasteiger partial charge in [0.25, 0.3) is 0 Å². The molecule has 2 nitrogen and oxygen atoms in total. The Hall–Kier alpha value is -0.510. The van der Waals surface area contributed by atoms with Gasteiger partial charge in [0.1, 0.15) is 0 Å². The maximum atomic E-state index is 3.97. The molecule has 1 aromatic carbocycles. The summed E-state index contributed by atoms with van der Waals surface area (Å²) in [6.07, 6.45) is 5.52. The lowest BCUT2D eigenvalue weighted by Gasteiger charge is -2.24. The summed E-state index contributed by atoms with van der Waals surface area (Å²) in [4.78, 5) is 2.60. The molecule has 3 unspecified atom stereocenters. The maximum absolute atomic E-state index is 3.97. The average Bonchev–Trinajstić information content (AvgIpc) is 3.11. The zero-order chi connectivity index (χ0) is 14.5. The number of rotatable bonds is 6. The minimum absolute atomic E-state index is 0.705. The highest BCUT2D eigenvalue weighted by Gasteiger charge is 2.31. The molecule has 1 heterocycles. The maximum Gasteiger partial charge on any atom is 0.0234 e. The van der Waals surface area contributed by atoms with Gasteiger partial charge in [-0.3, -0.25) is 4.90 Å². The highest BCUT2D eigenvalue weighted by Crippen LogP contribution is 2.30. The third kappa shape index (κ3) is 4.24. The van der Waals surface area contributed by atoms with E-state index < -0.39 is 0 Å². The van der Waals surface area contributed by atoms with Crippen molar-refractivity contribution in [1.29, 1.82) is 0 Å². The van der Waals surface area contributed by atoms with Crippen LogP contribution in [0.15, 0.2) is 30.3 Å². The van der Waals surface area contributed by atoms with E-state index >= 15 is 0 Å². The summed E-state index contributed by atoms with van der Waals surface area (Å²) < 4.78 is 0. The zero-order valence-corrected chi connectivity index (χ0v) is 13.9. The summed E-state index contributed by atoms with van der Waals surface area (Å²) in [6.45, 7) is 5.85. The van der Waals surface area contributed by atoms with Gasteiger partial charge in [0, 0.05) is 37.0 Å². The van der Waals surface area contributed by atoms with E-state index in [1.165, 1.54) is 50.1 Å². The summed E-state index contributed by atoms with van der Waals surface area (Å²) in [5.74, 6) is 1.26. The number of likely N-dealkylation sites (tertiary alicyclic amines) is 1. The van der Waals surface area contributed by atoms with Gasteiger partial charge in [-0.05, 0) is 30.6 Å². The molecule has 2 aliphatic rings. The van der Waals surface area contributed by atoms with Gasteiger partial charge in [0.15, 0.2) is 0 Å². The number of benzene rings is 1. The Balaban J connectivity index is 1.46. The molecule has 1 aromatic rings. The fourth-order valence-electron chi connectivity index (χ4n) is 3.79. The van der Waals surface area contributed by atoms with E-state index in [9.17, 15) is 0 Å². The lowest BCUT2D eigenvalue weighted by atomic mass is 10.2. The largest absolute Gasteiger partial charge is 0.309 e. The third-order valence-corrected chi connectivity index (χ3v) is 6.13. The fraction of sp³-hybridized carbons (Fsp3) is 0.667. The van der Waals surface area contributed by atoms with Crippen molar-refractivity contribution < 1.29 is 0 Å². The van der Waals surface area contributed by atoms with Crippen LogP contribution in [0.1, 0.15) is 38.2 Å². The Labute approximate surface area is 133 Å². The van der Waals surface area contributed by atoms with Crippen molar-refractivity contribution in [3.63, 3.8) is 0 Å². The van der Waals surface area contributed by atoms with Crippen LogP contribution in [0.5, 0.6) is 0 Å². The van der Waals surface area contributed by atoms with Crippen LogP contribution in [0.3, 0.4) is 0 Å². The Bertz CT molecular complexity index is 422. The number of hydrogen-bond acceptors (Lipinski definition) is 3. The van der Waals surface area contributed by atoms with E-state index in [0.717, 1.165) is 17.8 Å². The molecule has 1 N–H and O–H groups in total. The van der Waals surface area contributed by atoms with Crippen molar-refractivity contribution in [2.75, 3.05) is 18.8 Å². The monoisotopic (exact) mass is 304 g/mol. The minimum Gasteiger partial charge on any atom is -0.309 e. The molecular formula is C18H28N2S. The summed E-state index contributed by atoms with van der Waals surface area (Å²) in [7, 11) is 0. The highest BCUT2D eigenvalue weighted by molar-refractivity contribution is 7.99. The van der Waals surface area contributed by atoms with E-state index in [1.807, 2.05) is 0 Å². The molecule has 0 spiro atoms. The molecule has 2 fully saturated rings. The standard InChI is InChI=1S/C18H28N2S/c1-2-21-18-10-6-9-17(18)19-16-11-12-20(14-16)13-15-7-4-3-5-8-15/h3-5,7-8,16-19H,2,6,9-14H2,1H3. The average molecular weight is 305 g/mol. The van der Waals surface area contributed by atoms with Crippen LogP contribution >= 0.6 is 11.8 Å². The topological polar surface area (TPSA) is 15.3 Å². The van der Waals surface area contributed by atoms with Crippen molar-refractivity contribution in [3.05, 3.63) is 35.9 Å². The highest BCUT2D eigenvalue weighted by atomic mass is 32.2. The molecular weight excluding hydrogens is 276 g/mol. The molecule has 0 amide bonds. The Morgan fingerprint density at radius 3 is 2.86 bits per heavy atom. The molecule has 1 aliphatic carbocycles. The summed E-state index contributed by atoms with van der Waals surface area (Å²) in [5, 5.41) is 4.83. The van der Waals surface area contributed by atoms with Gasteiger partial charge in [-0.25, -0.2) is 0 Å². The Morgan fingerprint density at radius 1 is 1.19 bits per heavy atom. The summed E-state index contributed by atoms with van der Waals surface area (Å²) >= 11 is 2.16. The van der Waals surface area contributed by atoms with Crippen molar-refractivity contribution >= 4 is 11.8 Å². The molecule has 3 atom stereocenters. The van der Waals surface area contributed by atoms with Gasteiger partial charge in [0.2, 0.25) is 0 Å². The number of nitrogens with one attached hydrogen (secondary N) is 1. The van der Waals surface area contributed by atoms with Gasteiger partial charge in [-0.2, -0.15) is 11.8 Å². The second kappa shape index (κ2) is 7.66. The lowest BCUT2D eigenvalue weighted by molar-refractivity contribution is 0.315. The number of thioether (sulfide) groups is 1. The molecule has 1 saturated heterocycles. The molecule has 3 heteroatoms. The number of hydrogen-bond donors (Lipinski definition) is 1. The van der Waals surface area contributed by atoms with Crippen LogP contribution in [-0.2, 0) is 6.54 Å². The first-order chi connectivity index (χ1) is 10.3. The Morgan fingerprint density at radius 2 is 2.05 bits per heavy atom. The van der Waals surface area contributed by atoms with Crippen molar-refractivity contribution in [3.8, 4) is 0 Å². The first kappa shape index (κ1) is 15.4. The summed E-state index contributed by atoms with van der Waals surface area (Å²) in [5.41, 5.74) is 1.44. The SMILES string of the molecule is CCSC1CCCC1NC1CCN(Cc2ccccc2)C1. The molecule has 21 heavy (non-hydrogen) atoms. The van der Waals surface area contributed by atoms with Crippen LogP contribution in [0.2, 0.25) is 0 Å². The minimum atomic E-state index is 0.705. The fourth-order valence-corrected chi connectivity index (χ4v) is 5.00. The van der Waals surface area contributed by atoms with Gasteiger partial charge >= 0.3 is 0 Å². The number of nitrogens with zero attached hydrogens (tertiary/aromatic N) is 1. The van der Waals surface area contributed by atoms with Gasteiger partial charge in [-0.1, -0.05) is 43.7 Å². The van der Waals surface area contributed by atoms with Crippen LogP contribution < -0.4 is 5.32 Å². The van der Waals surface area contributed by atoms with Crippen molar-refractivity contribution in [2.45, 2.75) is 56.5 Å². The van der Waals surface area contributed by atoms with E-state index in [2.05, 4.69) is 59.2 Å². The van der Waals surface area contributed by atoms with Crippen LogP contribution in [0.4, 0.5) is 0 Å². The van der Waals surface area contributed by atoms with Crippen molar-refractivity contribution in [2.24, 2.45) is 0 Å². The van der Waals surface area contributed by atoms with Gasteiger partial charge in [0.05, 0.1) is 0 Å². The Kier molecular flexibility index (Phi) is 5.61. The van der Waals surface area contributed by atoms with Gasteiger partial charge in [-0.15, -0.1) is 0 Å². The van der Waals surface area contributed by atoms with E-state index in [0.29, 0.717) is 6.04 Å². The van der Waals surface area contributed by atoms with E-state index in [1.54, 1.807) is 0 Å². The molecule has 1 aliphatic heterocycles. The predicted octanol–water partition coefficient (Wildman–Crippen LogP) is 3.52. The molecule has 0 bridgehead atoms. The predicted molar refractivity (Wildman–Crippen MR) is 92.8 cm³/mol. The first-order valence-electron chi connectivity index (χ1n) is 8.49. The second-order valence-corrected chi connectivity index (χ2v) is 7.92. The molecule has 116 valence electrons. The van der Waals surface area contributed by atoms with Gasteiger partial charge < -0.3 is 5.32 Å². The second-order valence-electron chi connectivity index (χ2n) is 6.40. The zero-order valence-electron chi connectivity index (χ0n) is 13.1. The smallest absolute Gasteiger partial charge is 0.0234 e. The molecule has 0 aromatic heterocycles. The van der Waals surface area contributed by atoms with E-state index in [-0.39, 0.29) is 0 Å².